The number of anilines is 1. The van der Waals surface area contributed by atoms with Crippen molar-refractivity contribution in [3.05, 3.63) is 52.4 Å². The molecular formula is C16H21ClN2O. The quantitative estimate of drug-likeness (QED) is 0.912. The molecule has 20 heavy (non-hydrogen) atoms. The molecule has 1 aromatic carbocycles. The number of halogens is 1. The van der Waals surface area contributed by atoms with Crippen LogP contribution in [0.15, 0.2) is 34.9 Å². The maximum atomic E-state index is 6.33. The number of benzene rings is 1. The van der Waals surface area contributed by atoms with E-state index >= 15 is 0 Å². The number of furan rings is 1. The van der Waals surface area contributed by atoms with Crippen LogP contribution in [0.25, 0.3) is 0 Å². The van der Waals surface area contributed by atoms with E-state index in [1.165, 1.54) is 5.56 Å². The minimum atomic E-state index is 0.0812. The van der Waals surface area contributed by atoms with Gasteiger partial charge in [0.2, 0.25) is 0 Å². The fourth-order valence-corrected chi connectivity index (χ4v) is 2.59. The van der Waals surface area contributed by atoms with Crippen LogP contribution in [0.3, 0.4) is 0 Å². The van der Waals surface area contributed by atoms with Gasteiger partial charge in [0.15, 0.2) is 0 Å². The monoisotopic (exact) mass is 292 g/mol. The lowest BCUT2D eigenvalue weighted by Gasteiger charge is -2.24. The van der Waals surface area contributed by atoms with Gasteiger partial charge in [-0.2, -0.15) is 0 Å². The van der Waals surface area contributed by atoms with Gasteiger partial charge in [-0.25, -0.2) is 0 Å². The molecule has 1 atom stereocenters. The lowest BCUT2D eigenvalue weighted by molar-refractivity contribution is 0.529. The summed E-state index contributed by atoms with van der Waals surface area (Å²) in [5.74, 6) is 0.952. The van der Waals surface area contributed by atoms with Crippen LogP contribution < -0.4 is 10.6 Å². The number of hydrogen-bond acceptors (Lipinski definition) is 3. The number of nitrogens with zero attached hydrogens (tertiary/aromatic N) is 1. The molecule has 0 aliphatic carbocycles. The summed E-state index contributed by atoms with van der Waals surface area (Å²) in [6, 6.07) is 8.05. The summed E-state index contributed by atoms with van der Waals surface area (Å²) in [5.41, 5.74) is 9.34. The lowest BCUT2D eigenvalue weighted by Crippen LogP contribution is -2.22. The smallest absolute Gasteiger partial charge is 0.105 e. The van der Waals surface area contributed by atoms with Crippen molar-refractivity contribution in [2.24, 2.45) is 5.73 Å². The van der Waals surface area contributed by atoms with Gasteiger partial charge in [0.25, 0.3) is 0 Å². The molecule has 3 nitrogen and oxygen atoms in total. The third kappa shape index (κ3) is 3.35. The van der Waals surface area contributed by atoms with Crippen molar-refractivity contribution in [1.29, 1.82) is 0 Å². The number of hydrogen-bond donors (Lipinski definition) is 1. The Morgan fingerprint density at radius 1 is 1.35 bits per heavy atom. The SMILES string of the molecule is Cc1occc1CN(C)c1cccc(Cl)c1CC(C)N. The fourth-order valence-electron chi connectivity index (χ4n) is 2.34. The van der Waals surface area contributed by atoms with Gasteiger partial charge >= 0.3 is 0 Å². The summed E-state index contributed by atoms with van der Waals surface area (Å²) < 4.78 is 5.35. The van der Waals surface area contributed by atoms with E-state index < -0.39 is 0 Å². The highest BCUT2D eigenvalue weighted by atomic mass is 35.5. The predicted octanol–water partition coefficient (Wildman–Crippen LogP) is 3.77. The van der Waals surface area contributed by atoms with Crippen LogP contribution in [0.2, 0.25) is 5.02 Å². The standard InChI is InChI=1S/C16H21ClN2O/c1-11(18)9-14-15(17)5-4-6-16(14)19(3)10-13-7-8-20-12(13)2/h4-8,11H,9-10,18H2,1-3H3. The summed E-state index contributed by atoms with van der Waals surface area (Å²) in [5, 5.41) is 0.774. The van der Waals surface area contributed by atoms with Gasteiger partial charge in [-0.3, -0.25) is 0 Å². The van der Waals surface area contributed by atoms with E-state index in [2.05, 4.69) is 18.0 Å². The molecule has 1 heterocycles. The molecule has 0 aliphatic heterocycles. The van der Waals surface area contributed by atoms with Crippen LogP contribution in [-0.2, 0) is 13.0 Å². The Balaban J connectivity index is 2.27. The number of rotatable bonds is 5. The first-order valence-electron chi connectivity index (χ1n) is 6.76. The zero-order valence-corrected chi connectivity index (χ0v) is 12.9. The van der Waals surface area contributed by atoms with Crippen LogP contribution in [0.5, 0.6) is 0 Å². The zero-order chi connectivity index (χ0) is 14.7. The maximum Gasteiger partial charge on any atom is 0.105 e. The minimum Gasteiger partial charge on any atom is -0.469 e. The van der Waals surface area contributed by atoms with E-state index in [4.69, 9.17) is 21.8 Å². The van der Waals surface area contributed by atoms with E-state index in [0.717, 1.165) is 35.0 Å². The van der Waals surface area contributed by atoms with Crippen molar-refractivity contribution in [3.8, 4) is 0 Å². The van der Waals surface area contributed by atoms with Gasteiger partial charge < -0.3 is 15.1 Å². The molecule has 2 aromatic rings. The molecule has 0 aliphatic rings. The second-order valence-corrected chi connectivity index (χ2v) is 5.68. The Morgan fingerprint density at radius 2 is 2.10 bits per heavy atom. The predicted molar refractivity (Wildman–Crippen MR) is 84.4 cm³/mol. The second kappa shape index (κ2) is 6.33. The molecule has 2 rings (SSSR count). The van der Waals surface area contributed by atoms with Gasteiger partial charge in [0.1, 0.15) is 5.76 Å². The fraction of sp³-hybridized carbons (Fsp3) is 0.375. The number of aryl methyl sites for hydroxylation is 1. The molecule has 0 bridgehead atoms. The molecule has 0 saturated heterocycles. The van der Waals surface area contributed by atoms with Crippen LogP contribution in [0, 0.1) is 6.92 Å². The van der Waals surface area contributed by atoms with Crippen molar-refractivity contribution in [2.45, 2.75) is 32.9 Å². The Kier molecular flexibility index (Phi) is 4.73. The van der Waals surface area contributed by atoms with Crippen molar-refractivity contribution in [2.75, 3.05) is 11.9 Å². The minimum absolute atomic E-state index is 0.0812. The summed E-state index contributed by atoms with van der Waals surface area (Å²) in [6.45, 7) is 4.76. The molecular weight excluding hydrogens is 272 g/mol. The normalized spacial score (nSPS) is 12.4. The van der Waals surface area contributed by atoms with Crippen LogP contribution in [-0.4, -0.2) is 13.1 Å². The maximum absolute atomic E-state index is 6.33. The van der Waals surface area contributed by atoms with E-state index in [9.17, 15) is 0 Å². The Bertz CT molecular complexity index is 578. The van der Waals surface area contributed by atoms with E-state index in [-0.39, 0.29) is 6.04 Å². The molecule has 0 fully saturated rings. The second-order valence-electron chi connectivity index (χ2n) is 5.28. The first-order chi connectivity index (χ1) is 9.49. The van der Waals surface area contributed by atoms with Crippen molar-refractivity contribution in [1.82, 2.24) is 0 Å². The van der Waals surface area contributed by atoms with Crippen molar-refractivity contribution < 1.29 is 4.42 Å². The summed E-state index contributed by atoms with van der Waals surface area (Å²) >= 11 is 6.33. The lowest BCUT2D eigenvalue weighted by atomic mass is 10.0. The molecule has 2 N–H and O–H groups in total. The topological polar surface area (TPSA) is 42.4 Å². The van der Waals surface area contributed by atoms with Gasteiger partial charge in [-0.1, -0.05) is 17.7 Å². The molecule has 0 saturated carbocycles. The highest BCUT2D eigenvalue weighted by molar-refractivity contribution is 6.31. The van der Waals surface area contributed by atoms with Gasteiger partial charge in [-0.05, 0) is 44.0 Å². The molecule has 0 amide bonds. The molecule has 0 spiro atoms. The van der Waals surface area contributed by atoms with Gasteiger partial charge in [0.05, 0.1) is 6.26 Å². The van der Waals surface area contributed by atoms with Gasteiger partial charge in [-0.15, -0.1) is 0 Å². The van der Waals surface area contributed by atoms with Crippen molar-refractivity contribution >= 4 is 17.3 Å². The first-order valence-corrected chi connectivity index (χ1v) is 7.14. The molecule has 1 aromatic heterocycles. The molecule has 0 radical (unpaired) electrons. The third-order valence-corrected chi connectivity index (χ3v) is 3.76. The molecule has 4 heteroatoms. The zero-order valence-electron chi connectivity index (χ0n) is 12.2. The average molecular weight is 293 g/mol. The Hall–Kier alpha value is -1.45. The highest BCUT2D eigenvalue weighted by Crippen LogP contribution is 2.29. The van der Waals surface area contributed by atoms with Crippen molar-refractivity contribution in [3.63, 3.8) is 0 Å². The highest BCUT2D eigenvalue weighted by Gasteiger charge is 2.14. The largest absolute Gasteiger partial charge is 0.469 e. The Morgan fingerprint density at radius 3 is 2.70 bits per heavy atom. The number of nitrogens with two attached hydrogens (primary N) is 1. The van der Waals surface area contributed by atoms with Gasteiger partial charge in [0, 0.05) is 35.9 Å². The summed E-state index contributed by atoms with van der Waals surface area (Å²) in [6.07, 6.45) is 2.49. The van der Waals surface area contributed by atoms with E-state index in [1.54, 1.807) is 6.26 Å². The van der Waals surface area contributed by atoms with E-state index in [1.807, 2.05) is 32.0 Å². The summed E-state index contributed by atoms with van der Waals surface area (Å²) in [7, 11) is 2.06. The molecule has 1 unspecified atom stereocenters. The summed E-state index contributed by atoms with van der Waals surface area (Å²) in [4.78, 5) is 2.18. The Labute approximate surface area is 125 Å². The first kappa shape index (κ1) is 14.9. The van der Waals surface area contributed by atoms with Crippen LogP contribution in [0.4, 0.5) is 5.69 Å². The van der Waals surface area contributed by atoms with Crippen LogP contribution >= 0.6 is 11.6 Å². The van der Waals surface area contributed by atoms with E-state index in [0.29, 0.717) is 0 Å². The third-order valence-electron chi connectivity index (χ3n) is 3.41. The van der Waals surface area contributed by atoms with Crippen LogP contribution in [0.1, 0.15) is 23.8 Å². The molecule has 108 valence electrons. The average Bonchev–Trinajstić information content (AvgIpc) is 2.77.